The fourth-order valence-corrected chi connectivity index (χ4v) is 4.61. The van der Waals surface area contributed by atoms with E-state index in [0.29, 0.717) is 12.0 Å². The molecule has 39 heavy (non-hydrogen) atoms. The van der Waals surface area contributed by atoms with Crippen LogP contribution in [0.5, 0.6) is 0 Å². The predicted octanol–water partition coefficient (Wildman–Crippen LogP) is -1.18. The number of H-pyrrole nitrogens is 1. The number of nitrogens with zero attached hydrogens (tertiary/aromatic N) is 1. The molecule has 0 saturated carbocycles. The number of aromatic amines is 1. The molecule has 1 aromatic heterocycles. The van der Waals surface area contributed by atoms with Crippen LogP contribution in [-0.2, 0) is 35.2 Å². The first kappa shape index (κ1) is 29.1. The van der Waals surface area contributed by atoms with E-state index in [1.807, 2.05) is 18.2 Å². The van der Waals surface area contributed by atoms with Gasteiger partial charge in [0.1, 0.15) is 18.1 Å². The molecule has 1 aromatic carbocycles. The van der Waals surface area contributed by atoms with Gasteiger partial charge in [0.15, 0.2) is 0 Å². The number of hydrogen-bond donors (Lipinski definition) is 7. The number of benzene rings is 1. The number of aliphatic carboxylic acids is 2. The number of hydrogen-bond acceptors (Lipinski definition) is 7. The quantitative estimate of drug-likeness (QED) is 0.160. The van der Waals surface area contributed by atoms with Crippen LogP contribution in [0.4, 0.5) is 0 Å². The minimum absolute atomic E-state index is 0.0110. The third-order valence-electron chi connectivity index (χ3n) is 6.58. The Bertz CT molecular complexity index is 1260. The summed E-state index contributed by atoms with van der Waals surface area (Å²) in [5.74, 6) is -5.51. The van der Waals surface area contributed by atoms with Crippen molar-refractivity contribution in [3.8, 4) is 0 Å². The molecule has 2 heterocycles. The first-order valence-corrected chi connectivity index (χ1v) is 12.4. The van der Waals surface area contributed by atoms with E-state index >= 15 is 0 Å². The molecule has 4 amide bonds. The lowest BCUT2D eigenvalue weighted by Gasteiger charge is -2.28. The van der Waals surface area contributed by atoms with Crippen LogP contribution < -0.4 is 22.1 Å². The topological polar surface area (TPSA) is 238 Å². The number of amides is 4. The molecule has 3 rings (SSSR count). The van der Waals surface area contributed by atoms with Crippen molar-refractivity contribution in [2.45, 2.75) is 62.7 Å². The summed E-state index contributed by atoms with van der Waals surface area (Å²) in [6, 6.07) is 2.31. The van der Waals surface area contributed by atoms with Crippen molar-refractivity contribution in [2.24, 2.45) is 11.5 Å². The monoisotopic (exact) mass is 544 g/mol. The maximum absolute atomic E-state index is 13.3. The van der Waals surface area contributed by atoms with Crippen molar-refractivity contribution in [3.05, 3.63) is 36.0 Å². The predicted molar refractivity (Wildman–Crippen MR) is 137 cm³/mol. The van der Waals surface area contributed by atoms with Gasteiger partial charge in [0.05, 0.1) is 12.5 Å². The number of nitrogens with two attached hydrogens (primary N) is 2. The number of aromatic nitrogens is 1. The zero-order valence-electron chi connectivity index (χ0n) is 21.1. The molecule has 0 spiro atoms. The standard InChI is InChI=1S/C25H32N6O8/c26-15(11-21(33)34)24(37)31-9-3-6-19(31)23(36)30-18(10-13-12-28-16-5-2-1-4-14(13)16)22(35)29-17(25(38)39)7-8-20(27)32/h1-2,4-5,12,15,17-19,28H,3,6-11,26H2,(H2,27,32)(H,29,35)(H,30,36)(H,33,34)(H,38,39). The molecule has 0 radical (unpaired) electrons. The van der Waals surface area contributed by atoms with E-state index in [4.69, 9.17) is 16.6 Å². The van der Waals surface area contributed by atoms with Crippen molar-refractivity contribution in [1.82, 2.24) is 20.5 Å². The Kier molecular flexibility index (Phi) is 9.60. The number of carboxylic acid groups (broad SMARTS) is 2. The van der Waals surface area contributed by atoms with Crippen LogP contribution in [0, 0.1) is 0 Å². The van der Waals surface area contributed by atoms with Gasteiger partial charge < -0.3 is 42.2 Å². The Hall–Kier alpha value is -4.46. The highest BCUT2D eigenvalue weighted by atomic mass is 16.4. The third-order valence-corrected chi connectivity index (χ3v) is 6.58. The van der Waals surface area contributed by atoms with Gasteiger partial charge in [-0.15, -0.1) is 0 Å². The van der Waals surface area contributed by atoms with E-state index in [-0.39, 0.29) is 32.2 Å². The fraction of sp³-hybridized carbons (Fsp3) is 0.440. The molecular weight excluding hydrogens is 512 g/mol. The smallest absolute Gasteiger partial charge is 0.326 e. The Balaban J connectivity index is 1.82. The highest BCUT2D eigenvalue weighted by Crippen LogP contribution is 2.21. The zero-order chi connectivity index (χ0) is 28.7. The number of rotatable bonds is 13. The second-order valence-corrected chi connectivity index (χ2v) is 9.42. The van der Waals surface area contributed by atoms with Crippen molar-refractivity contribution in [2.75, 3.05) is 6.54 Å². The van der Waals surface area contributed by atoms with Gasteiger partial charge in [0, 0.05) is 36.5 Å². The lowest BCUT2D eigenvalue weighted by atomic mass is 10.0. The summed E-state index contributed by atoms with van der Waals surface area (Å²) >= 11 is 0. The number of nitrogens with one attached hydrogen (secondary N) is 3. The zero-order valence-corrected chi connectivity index (χ0v) is 21.1. The molecule has 9 N–H and O–H groups in total. The van der Waals surface area contributed by atoms with Crippen molar-refractivity contribution in [3.63, 3.8) is 0 Å². The summed E-state index contributed by atoms with van der Waals surface area (Å²) in [6.07, 6.45) is 1.30. The van der Waals surface area contributed by atoms with E-state index in [1.54, 1.807) is 12.3 Å². The number of carboxylic acids is 2. The maximum atomic E-state index is 13.3. The molecule has 14 heteroatoms. The highest BCUT2D eigenvalue weighted by molar-refractivity contribution is 5.95. The second kappa shape index (κ2) is 12.9. The Morgan fingerprint density at radius 3 is 2.46 bits per heavy atom. The van der Waals surface area contributed by atoms with Gasteiger partial charge in [-0.2, -0.15) is 0 Å². The molecule has 4 unspecified atom stereocenters. The molecule has 0 aliphatic carbocycles. The van der Waals surface area contributed by atoms with E-state index in [9.17, 15) is 33.9 Å². The van der Waals surface area contributed by atoms with Crippen LogP contribution in [0.2, 0.25) is 0 Å². The van der Waals surface area contributed by atoms with Crippen molar-refractivity contribution >= 4 is 46.5 Å². The lowest BCUT2D eigenvalue weighted by Crippen LogP contribution is -2.57. The Labute approximate surface area is 223 Å². The molecule has 2 aromatic rings. The fourth-order valence-electron chi connectivity index (χ4n) is 4.61. The number of primary amides is 1. The maximum Gasteiger partial charge on any atom is 0.326 e. The Morgan fingerprint density at radius 2 is 1.79 bits per heavy atom. The average Bonchev–Trinajstić information content (AvgIpc) is 3.52. The molecular formula is C25H32N6O8. The molecule has 14 nitrogen and oxygen atoms in total. The van der Waals surface area contributed by atoms with E-state index < -0.39 is 66.2 Å². The van der Waals surface area contributed by atoms with Crippen LogP contribution in [0.1, 0.15) is 37.7 Å². The molecule has 210 valence electrons. The average molecular weight is 545 g/mol. The summed E-state index contributed by atoms with van der Waals surface area (Å²) in [6.45, 7) is 0.192. The molecule has 1 aliphatic rings. The summed E-state index contributed by atoms with van der Waals surface area (Å²) < 4.78 is 0. The van der Waals surface area contributed by atoms with Gasteiger partial charge in [-0.3, -0.25) is 24.0 Å². The second-order valence-electron chi connectivity index (χ2n) is 9.42. The number of likely N-dealkylation sites (tertiary alicyclic amines) is 1. The first-order valence-electron chi connectivity index (χ1n) is 12.4. The van der Waals surface area contributed by atoms with Crippen molar-refractivity contribution in [1.29, 1.82) is 0 Å². The largest absolute Gasteiger partial charge is 0.481 e. The van der Waals surface area contributed by atoms with Crippen LogP contribution in [-0.4, -0.2) is 86.4 Å². The summed E-state index contributed by atoms with van der Waals surface area (Å²) in [4.78, 5) is 77.4. The molecule has 1 aliphatic heterocycles. The number of carbonyl (C=O) groups is 6. The minimum atomic E-state index is -1.43. The van der Waals surface area contributed by atoms with E-state index in [2.05, 4.69) is 15.6 Å². The summed E-state index contributed by atoms with van der Waals surface area (Å²) in [5.41, 5.74) is 12.3. The Morgan fingerprint density at radius 1 is 1.08 bits per heavy atom. The van der Waals surface area contributed by atoms with Gasteiger partial charge >= 0.3 is 11.9 Å². The lowest BCUT2D eigenvalue weighted by molar-refractivity contribution is -0.144. The van der Waals surface area contributed by atoms with Gasteiger partial charge in [0.2, 0.25) is 23.6 Å². The van der Waals surface area contributed by atoms with Crippen LogP contribution in [0.15, 0.2) is 30.5 Å². The number of carbonyl (C=O) groups excluding carboxylic acids is 4. The molecule has 4 atom stereocenters. The minimum Gasteiger partial charge on any atom is -0.481 e. The van der Waals surface area contributed by atoms with E-state index in [1.165, 1.54) is 4.90 Å². The molecule has 1 saturated heterocycles. The van der Waals surface area contributed by atoms with Crippen LogP contribution in [0.25, 0.3) is 10.9 Å². The van der Waals surface area contributed by atoms with Crippen molar-refractivity contribution < 1.29 is 39.0 Å². The van der Waals surface area contributed by atoms with Crippen LogP contribution >= 0.6 is 0 Å². The normalized spacial score (nSPS) is 17.3. The highest BCUT2D eigenvalue weighted by Gasteiger charge is 2.38. The van der Waals surface area contributed by atoms with E-state index in [0.717, 1.165) is 10.9 Å². The molecule has 1 fully saturated rings. The molecule has 0 bridgehead atoms. The third kappa shape index (κ3) is 7.54. The van der Waals surface area contributed by atoms with Crippen LogP contribution in [0.3, 0.4) is 0 Å². The van der Waals surface area contributed by atoms with Gasteiger partial charge in [-0.25, -0.2) is 4.79 Å². The summed E-state index contributed by atoms with van der Waals surface area (Å²) in [7, 11) is 0. The number of fused-ring (bicyclic) bond motifs is 1. The summed E-state index contributed by atoms with van der Waals surface area (Å²) in [5, 5.41) is 24.3. The van der Waals surface area contributed by atoms with Gasteiger partial charge in [-0.1, -0.05) is 18.2 Å². The number of para-hydroxylation sites is 1. The van der Waals surface area contributed by atoms with Gasteiger partial charge in [-0.05, 0) is 30.9 Å². The van der Waals surface area contributed by atoms with Gasteiger partial charge in [0.25, 0.3) is 0 Å². The first-order chi connectivity index (χ1) is 18.5. The SMILES string of the molecule is NC(=O)CCC(NC(=O)C(Cc1c[nH]c2ccccc12)NC(=O)C1CCCN1C(=O)C(N)CC(=O)O)C(=O)O.